The molecule has 5 nitrogen and oxygen atoms in total. The van der Waals surface area contributed by atoms with E-state index in [0.29, 0.717) is 0 Å². The Bertz CT molecular complexity index is 996. The van der Waals surface area contributed by atoms with Crippen LogP contribution in [0.25, 0.3) is 0 Å². The summed E-state index contributed by atoms with van der Waals surface area (Å²) in [5, 5.41) is 0. The molecular formula is C33H44O5. The van der Waals surface area contributed by atoms with Crippen LogP contribution in [0.4, 0.5) is 4.79 Å². The molecule has 1 fully saturated rings. The molecule has 2 bridgehead atoms. The van der Waals surface area contributed by atoms with Crippen molar-refractivity contribution in [3.05, 3.63) is 58.7 Å². The number of rotatable bonds is 16. The summed E-state index contributed by atoms with van der Waals surface area (Å²) in [5.41, 5.74) is 4.82. The highest BCUT2D eigenvalue weighted by molar-refractivity contribution is 5.68. The molecule has 1 saturated heterocycles. The van der Waals surface area contributed by atoms with Crippen LogP contribution in [0.5, 0.6) is 11.5 Å². The Kier molecular flexibility index (Phi) is 9.14. The van der Waals surface area contributed by atoms with Crippen LogP contribution in [0.1, 0.15) is 125 Å². The summed E-state index contributed by atoms with van der Waals surface area (Å²) in [7, 11) is 0. The Morgan fingerprint density at radius 2 is 1.00 bits per heavy atom. The van der Waals surface area contributed by atoms with Gasteiger partial charge in [0.1, 0.15) is 11.5 Å². The lowest BCUT2D eigenvalue weighted by Crippen LogP contribution is -2.45. The minimum Gasteiger partial charge on any atom is -0.494 e. The van der Waals surface area contributed by atoms with E-state index >= 15 is 0 Å². The fourth-order valence-corrected chi connectivity index (χ4v) is 6.48. The average molecular weight is 521 g/mol. The van der Waals surface area contributed by atoms with Crippen LogP contribution in [0.2, 0.25) is 0 Å². The summed E-state index contributed by atoms with van der Waals surface area (Å²) in [6.07, 6.45) is 13.8. The van der Waals surface area contributed by atoms with Gasteiger partial charge in [0.25, 0.3) is 0 Å². The lowest BCUT2D eigenvalue weighted by atomic mass is 9.61. The Labute approximate surface area is 228 Å². The van der Waals surface area contributed by atoms with E-state index in [0.717, 1.165) is 37.6 Å². The highest BCUT2D eigenvalue weighted by Gasteiger charge is 2.57. The van der Waals surface area contributed by atoms with Gasteiger partial charge < -0.3 is 18.9 Å². The van der Waals surface area contributed by atoms with Crippen molar-refractivity contribution in [2.24, 2.45) is 0 Å². The first kappa shape index (κ1) is 26.9. The average Bonchev–Trinajstić information content (AvgIpc) is 3.33. The van der Waals surface area contributed by atoms with Crippen LogP contribution in [0.3, 0.4) is 0 Å². The SMILES string of the molecule is CCCCCCCCOc1ccc2c(c1)[C@H]1c3ccc(OCCCCCCCC)cc3[C@@H]2C2OC(=O)OC21. The van der Waals surface area contributed by atoms with Crippen molar-refractivity contribution >= 4 is 6.16 Å². The largest absolute Gasteiger partial charge is 0.509 e. The summed E-state index contributed by atoms with van der Waals surface area (Å²) >= 11 is 0. The zero-order valence-electron chi connectivity index (χ0n) is 23.2. The molecule has 5 heteroatoms. The molecule has 38 heavy (non-hydrogen) atoms. The number of ether oxygens (including phenoxy) is 4. The van der Waals surface area contributed by atoms with Crippen LogP contribution in [-0.2, 0) is 9.47 Å². The number of unbranched alkanes of at least 4 members (excludes halogenated alkanes) is 10. The predicted molar refractivity (Wildman–Crippen MR) is 149 cm³/mol. The van der Waals surface area contributed by atoms with Crippen molar-refractivity contribution < 1.29 is 23.7 Å². The predicted octanol–water partition coefficient (Wildman–Crippen LogP) is 8.66. The molecule has 6 rings (SSSR count). The molecule has 0 aromatic heterocycles. The fourth-order valence-electron chi connectivity index (χ4n) is 6.48. The van der Waals surface area contributed by atoms with E-state index in [-0.39, 0.29) is 24.0 Å². The Hall–Kier alpha value is -2.69. The van der Waals surface area contributed by atoms with E-state index < -0.39 is 6.16 Å². The van der Waals surface area contributed by atoms with E-state index in [9.17, 15) is 4.79 Å². The van der Waals surface area contributed by atoms with E-state index in [1.807, 2.05) is 0 Å². The summed E-state index contributed by atoms with van der Waals surface area (Å²) in [6, 6.07) is 12.8. The topological polar surface area (TPSA) is 54.0 Å². The molecule has 3 aliphatic carbocycles. The van der Waals surface area contributed by atoms with Gasteiger partial charge in [-0.3, -0.25) is 0 Å². The third-order valence-corrected chi connectivity index (χ3v) is 8.44. The van der Waals surface area contributed by atoms with Gasteiger partial charge in [0.15, 0.2) is 12.2 Å². The molecule has 1 aliphatic heterocycles. The van der Waals surface area contributed by atoms with Crippen LogP contribution in [-0.4, -0.2) is 31.6 Å². The van der Waals surface area contributed by atoms with E-state index in [1.165, 1.54) is 86.5 Å². The smallest absolute Gasteiger partial charge is 0.494 e. The molecule has 2 aromatic carbocycles. The molecule has 0 radical (unpaired) electrons. The van der Waals surface area contributed by atoms with E-state index in [4.69, 9.17) is 18.9 Å². The van der Waals surface area contributed by atoms with Gasteiger partial charge in [0.05, 0.1) is 25.0 Å². The van der Waals surface area contributed by atoms with Gasteiger partial charge in [0.2, 0.25) is 0 Å². The second-order valence-electron chi connectivity index (χ2n) is 11.2. The van der Waals surface area contributed by atoms with E-state index in [2.05, 4.69) is 50.2 Å². The van der Waals surface area contributed by atoms with Gasteiger partial charge in [-0.25, -0.2) is 4.79 Å². The number of carbonyl (C=O) groups is 1. The Balaban J connectivity index is 1.27. The third-order valence-electron chi connectivity index (χ3n) is 8.44. The monoisotopic (exact) mass is 520 g/mol. The van der Waals surface area contributed by atoms with Crippen LogP contribution < -0.4 is 9.47 Å². The molecule has 2 aromatic rings. The number of hydrogen-bond acceptors (Lipinski definition) is 5. The maximum absolute atomic E-state index is 12.2. The molecule has 206 valence electrons. The lowest BCUT2D eigenvalue weighted by Gasteiger charge is -2.45. The van der Waals surface area contributed by atoms with Crippen molar-refractivity contribution in [2.45, 2.75) is 115 Å². The van der Waals surface area contributed by atoms with Crippen molar-refractivity contribution in [3.8, 4) is 11.5 Å². The molecule has 2 unspecified atom stereocenters. The standard InChI is InChI=1S/C33H44O5/c1-3-5-7-9-11-13-19-35-23-15-17-25-27(21-23)29-26-18-16-24(36-20-14-12-10-8-6-4-2)22-28(26)30(25)32-31(29)37-33(34)38-32/h15-18,21-22,29-32H,3-14,19-20H2,1-2H3/t29-,30-,31?,32?/m1/s1. The minimum absolute atomic E-state index is 0.0494. The highest BCUT2D eigenvalue weighted by atomic mass is 16.8. The first-order valence-electron chi connectivity index (χ1n) is 15.1. The van der Waals surface area contributed by atoms with Crippen molar-refractivity contribution in [1.29, 1.82) is 0 Å². The quantitative estimate of drug-likeness (QED) is 0.164. The summed E-state index contributed by atoms with van der Waals surface area (Å²) in [5.74, 6) is 1.69. The van der Waals surface area contributed by atoms with Gasteiger partial charge in [-0.15, -0.1) is 0 Å². The van der Waals surface area contributed by atoms with Gasteiger partial charge >= 0.3 is 6.16 Å². The second kappa shape index (κ2) is 12.9. The van der Waals surface area contributed by atoms with Crippen LogP contribution in [0, 0.1) is 0 Å². The maximum atomic E-state index is 12.2. The lowest BCUT2D eigenvalue weighted by molar-refractivity contribution is 0.103. The van der Waals surface area contributed by atoms with Crippen molar-refractivity contribution in [2.75, 3.05) is 13.2 Å². The molecule has 0 saturated carbocycles. The van der Waals surface area contributed by atoms with Gasteiger partial charge in [0, 0.05) is 0 Å². The first-order chi connectivity index (χ1) is 18.7. The molecule has 1 heterocycles. The third kappa shape index (κ3) is 5.82. The number of carbonyl (C=O) groups excluding carboxylic acids is 1. The number of hydrogen-bond donors (Lipinski definition) is 0. The van der Waals surface area contributed by atoms with Gasteiger partial charge in [-0.05, 0) is 59.4 Å². The molecule has 0 N–H and O–H groups in total. The highest BCUT2D eigenvalue weighted by Crippen LogP contribution is 2.57. The van der Waals surface area contributed by atoms with Gasteiger partial charge in [-0.2, -0.15) is 0 Å². The molecule has 0 amide bonds. The Morgan fingerprint density at radius 1 is 0.579 bits per heavy atom. The van der Waals surface area contributed by atoms with Crippen molar-refractivity contribution in [3.63, 3.8) is 0 Å². The van der Waals surface area contributed by atoms with Crippen LogP contribution in [0.15, 0.2) is 36.4 Å². The summed E-state index contributed by atoms with van der Waals surface area (Å²) in [6.45, 7) is 5.96. The fraction of sp³-hybridized carbons (Fsp3) is 0.606. The molecular weight excluding hydrogens is 476 g/mol. The van der Waals surface area contributed by atoms with E-state index in [1.54, 1.807) is 0 Å². The molecule has 4 atom stereocenters. The second-order valence-corrected chi connectivity index (χ2v) is 11.2. The Morgan fingerprint density at radius 3 is 1.45 bits per heavy atom. The summed E-state index contributed by atoms with van der Waals surface area (Å²) in [4.78, 5) is 12.2. The van der Waals surface area contributed by atoms with Crippen LogP contribution >= 0.6 is 0 Å². The zero-order chi connectivity index (χ0) is 26.3. The summed E-state index contributed by atoms with van der Waals surface area (Å²) < 4.78 is 23.7. The number of benzene rings is 2. The maximum Gasteiger partial charge on any atom is 0.509 e. The van der Waals surface area contributed by atoms with Gasteiger partial charge in [-0.1, -0.05) is 90.2 Å². The molecule has 0 spiro atoms. The zero-order valence-corrected chi connectivity index (χ0v) is 23.2. The molecule has 4 aliphatic rings. The minimum atomic E-state index is -0.560. The first-order valence-corrected chi connectivity index (χ1v) is 15.1. The van der Waals surface area contributed by atoms with Crippen molar-refractivity contribution in [1.82, 2.24) is 0 Å². The normalized spacial score (nSPS) is 22.3.